The monoisotopic (exact) mass is 400 g/mol. The molecule has 0 fully saturated rings. The number of carbonyl (C=O) groups excluding carboxylic acids is 1. The Balaban J connectivity index is 1.47. The molecule has 29 heavy (non-hydrogen) atoms. The molecule has 0 saturated heterocycles. The Bertz CT molecular complexity index is 1020. The molecule has 1 aliphatic rings. The Morgan fingerprint density at radius 3 is 2.17 bits per heavy atom. The van der Waals surface area contributed by atoms with E-state index in [0.29, 0.717) is 6.54 Å². The Morgan fingerprint density at radius 1 is 0.966 bits per heavy atom. The van der Waals surface area contributed by atoms with E-state index in [2.05, 4.69) is 52.0 Å². The van der Waals surface area contributed by atoms with Crippen LogP contribution in [0, 0.1) is 0 Å². The summed E-state index contributed by atoms with van der Waals surface area (Å²) in [5, 5.41) is 5.25. The van der Waals surface area contributed by atoms with Gasteiger partial charge in [0.05, 0.1) is 17.7 Å². The lowest BCUT2D eigenvalue weighted by atomic mass is 9.98. The predicted octanol–water partition coefficient (Wildman–Crippen LogP) is 5.37. The smallest absolute Gasteiger partial charge is 0.407 e. The van der Waals surface area contributed by atoms with E-state index in [0.717, 1.165) is 5.56 Å². The summed E-state index contributed by atoms with van der Waals surface area (Å²) in [7, 11) is 0. The molecule has 4 nitrogen and oxygen atoms in total. The van der Waals surface area contributed by atoms with E-state index in [1.165, 1.54) is 22.3 Å². The minimum Gasteiger partial charge on any atom is -0.449 e. The molecule has 0 aromatic heterocycles. The molecule has 0 saturated carbocycles. The largest absolute Gasteiger partial charge is 0.449 e. The van der Waals surface area contributed by atoms with Crippen LogP contribution >= 0.6 is 12.2 Å². The van der Waals surface area contributed by atoms with Crippen LogP contribution in [-0.2, 0) is 4.74 Å². The van der Waals surface area contributed by atoms with E-state index >= 15 is 0 Å². The van der Waals surface area contributed by atoms with Crippen LogP contribution in [0.2, 0.25) is 0 Å². The molecule has 3 aromatic rings. The number of isothiocyanates is 1. The van der Waals surface area contributed by atoms with Gasteiger partial charge in [0.25, 0.3) is 0 Å². The Hall–Kier alpha value is -3.27. The summed E-state index contributed by atoms with van der Waals surface area (Å²) in [6.07, 6.45) is -0.472. The van der Waals surface area contributed by atoms with E-state index in [-0.39, 0.29) is 18.6 Å². The highest BCUT2D eigenvalue weighted by atomic mass is 32.1. The second kappa shape index (κ2) is 8.82. The molecule has 1 atom stereocenters. The summed E-state index contributed by atoms with van der Waals surface area (Å²) in [4.78, 5) is 16.5. The number of alkyl carbamates (subject to hydrolysis) is 1. The molecule has 1 amide bonds. The first kappa shape index (κ1) is 19.1. The number of aliphatic imine (C=N–C) groups is 1. The van der Waals surface area contributed by atoms with Crippen LogP contribution in [0.1, 0.15) is 28.7 Å². The van der Waals surface area contributed by atoms with Crippen molar-refractivity contribution in [3.8, 4) is 11.1 Å². The van der Waals surface area contributed by atoms with Gasteiger partial charge in [-0.15, -0.1) is 0 Å². The summed E-state index contributed by atoms with van der Waals surface area (Å²) < 4.78 is 5.63. The first-order valence-corrected chi connectivity index (χ1v) is 9.89. The van der Waals surface area contributed by atoms with E-state index < -0.39 is 6.09 Å². The zero-order valence-corrected chi connectivity index (χ0v) is 16.6. The number of nitrogens with zero attached hydrogens (tertiary/aromatic N) is 1. The lowest BCUT2D eigenvalue weighted by Gasteiger charge is -2.19. The van der Waals surface area contributed by atoms with Crippen LogP contribution in [0.5, 0.6) is 0 Å². The molecule has 0 bridgehead atoms. The van der Waals surface area contributed by atoms with Crippen molar-refractivity contribution >= 4 is 23.5 Å². The van der Waals surface area contributed by atoms with Crippen molar-refractivity contribution in [1.82, 2.24) is 5.32 Å². The normalized spacial score (nSPS) is 13.0. The van der Waals surface area contributed by atoms with Crippen LogP contribution in [0.3, 0.4) is 0 Å². The summed E-state index contributed by atoms with van der Waals surface area (Å²) in [5.74, 6) is 0.0299. The Labute approximate surface area is 175 Å². The van der Waals surface area contributed by atoms with E-state index in [1.54, 1.807) is 0 Å². The second-order valence-electron chi connectivity index (χ2n) is 6.87. The molecular weight excluding hydrogens is 380 g/mol. The average molecular weight is 401 g/mol. The molecule has 4 rings (SSSR count). The van der Waals surface area contributed by atoms with Gasteiger partial charge in [0.1, 0.15) is 6.61 Å². The SMILES string of the molecule is O=C(N[C@H](CN=C=S)c1ccccc1)OCC1c2ccccc2-c2ccccc21. The number of amides is 1. The first-order valence-electron chi connectivity index (χ1n) is 9.48. The maximum atomic E-state index is 12.5. The third-order valence-corrected chi connectivity index (χ3v) is 5.31. The molecule has 1 aliphatic carbocycles. The van der Waals surface area contributed by atoms with Gasteiger partial charge in [-0.3, -0.25) is 0 Å². The van der Waals surface area contributed by atoms with E-state index in [9.17, 15) is 4.79 Å². The third-order valence-electron chi connectivity index (χ3n) is 5.18. The molecule has 5 heteroatoms. The highest BCUT2D eigenvalue weighted by Crippen LogP contribution is 2.44. The van der Waals surface area contributed by atoms with Crippen molar-refractivity contribution in [2.24, 2.45) is 4.99 Å². The summed E-state index contributed by atoms with van der Waals surface area (Å²) in [5.41, 5.74) is 5.72. The third kappa shape index (κ3) is 4.11. The van der Waals surface area contributed by atoms with Crippen LogP contribution in [0.25, 0.3) is 11.1 Å². The van der Waals surface area contributed by atoms with Crippen molar-refractivity contribution in [3.63, 3.8) is 0 Å². The van der Waals surface area contributed by atoms with Gasteiger partial charge in [0.15, 0.2) is 0 Å². The van der Waals surface area contributed by atoms with Gasteiger partial charge in [-0.2, -0.15) is 0 Å². The van der Waals surface area contributed by atoms with Crippen LogP contribution in [0.15, 0.2) is 83.9 Å². The van der Waals surface area contributed by atoms with E-state index in [4.69, 9.17) is 4.74 Å². The zero-order chi connectivity index (χ0) is 20.1. The standard InChI is InChI=1S/C24H20N2O2S/c27-24(26-23(14-25-16-29)17-8-2-1-3-9-17)28-15-22-20-12-6-4-10-18(20)19-11-5-7-13-21(19)22/h1-13,22-23H,14-15H2,(H,26,27)/t23-/m1/s1. The molecule has 0 spiro atoms. The molecule has 1 N–H and O–H groups in total. The first-order chi connectivity index (χ1) is 14.3. The molecule has 0 unspecified atom stereocenters. The van der Waals surface area contributed by atoms with Crippen LogP contribution in [-0.4, -0.2) is 24.4 Å². The lowest BCUT2D eigenvalue weighted by Crippen LogP contribution is -2.31. The van der Waals surface area contributed by atoms with Gasteiger partial charge in [0.2, 0.25) is 0 Å². The van der Waals surface area contributed by atoms with Crippen molar-refractivity contribution in [2.75, 3.05) is 13.2 Å². The Kier molecular flexibility index (Phi) is 5.80. The topological polar surface area (TPSA) is 50.7 Å². The van der Waals surface area contributed by atoms with Gasteiger partial charge >= 0.3 is 6.09 Å². The van der Waals surface area contributed by atoms with Gasteiger partial charge in [-0.05, 0) is 40.0 Å². The maximum Gasteiger partial charge on any atom is 0.407 e. The zero-order valence-electron chi connectivity index (χ0n) is 15.7. The fourth-order valence-corrected chi connectivity index (χ4v) is 3.91. The van der Waals surface area contributed by atoms with E-state index in [1.807, 2.05) is 54.6 Å². The highest BCUT2D eigenvalue weighted by Gasteiger charge is 2.29. The minimum absolute atomic E-state index is 0.0299. The van der Waals surface area contributed by atoms with Crippen molar-refractivity contribution in [2.45, 2.75) is 12.0 Å². The predicted molar refractivity (Wildman–Crippen MR) is 117 cm³/mol. The molecule has 144 valence electrons. The summed E-state index contributed by atoms with van der Waals surface area (Å²) >= 11 is 4.67. The number of carbonyl (C=O) groups is 1. The number of nitrogens with one attached hydrogen (secondary N) is 1. The maximum absolute atomic E-state index is 12.5. The number of ether oxygens (including phenoxy) is 1. The fraction of sp³-hybridized carbons (Fsp3) is 0.167. The van der Waals surface area contributed by atoms with Crippen molar-refractivity contribution in [1.29, 1.82) is 0 Å². The number of thiocarbonyl (C=S) groups is 1. The molecule has 0 aliphatic heterocycles. The molecule has 0 radical (unpaired) electrons. The molecular formula is C24H20N2O2S. The fourth-order valence-electron chi connectivity index (χ4n) is 3.83. The number of fused-ring (bicyclic) bond motifs is 3. The van der Waals surface area contributed by atoms with Gasteiger partial charge in [0, 0.05) is 5.92 Å². The van der Waals surface area contributed by atoms with Gasteiger partial charge in [-0.25, -0.2) is 9.79 Å². The Morgan fingerprint density at radius 2 is 1.55 bits per heavy atom. The number of rotatable bonds is 6. The lowest BCUT2D eigenvalue weighted by molar-refractivity contribution is 0.139. The van der Waals surface area contributed by atoms with Crippen molar-refractivity contribution in [3.05, 3.63) is 95.6 Å². The quantitative estimate of drug-likeness (QED) is 0.447. The van der Waals surface area contributed by atoms with Gasteiger partial charge in [-0.1, -0.05) is 78.9 Å². The highest BCUT2D eigenvalue weighted by molar-refractivity contribution is 7.78. The summed E-state index contributed by atoms with van der Waals surface area (Å²) in [6, 6.07) is 25.9. The number of hydrogen-bond acceptors (Lipinski definition) is 4. The average Bonchev–Trinajstić information content (AvgIpc) is 3.09. The summed E-state index contributed by atoms with van der Waals surface area (Å²) in [6.45, 7) is 0.593. The van der Waals surface area contributed by atoms with Gasteiger partial charge < -0.3 is 10.1 Å². The minimum atomic E-state index is -0.472. The van der Waals surface area contributed by atoms with Crippen molar-refractivity contribution < 1.29 is 9.53 Å². The second-order valence-corrected chi connectivity index (χ2v) is 7.05. The van der Waals surface area contributed by atoms with Crippen LogP contribution < -0.4 is 5.32 Å². The van der Waals surface area contributed by atoms with Crippen LogP contribution in [0.4, 0.5) is 4.79 Å². The number of benzene rings is 3. The molecule has 0 heterocycles. The number of hydrogen-bond donors (Lipinski definition) is 1. The molecule has 3 aromatic carbocycles.